The largest absolute Gasteiger partial charge is 0.497 e. The molecule has 0 spiro atoms. The average molecular weight is 324 g/mol. The summed E-state index contributed by atoms with van der Waals surface area (Å²) in [4.78, 5) is 24.3. The fourth-order valence-corrected chi connectivity index (χ4v) is 2.88. The van der Waals surface area contributed by atoms with E-state index in [0.29, 0.717) is 30.7 Å². The van der Waals surface area contributed by atoms with Crippen LogP contribution in [0.15, 0.2) is 48.5 Å². The van der Waals surface area contributed by atoms with Gasteiger partial charge in [0, 0.05) is 29.8 Å². The van der Waals surface area contributed by atoms with Gasteiger partial charge in [0.1, 0.15) is 5.75 Å². The predicted molar refractivity (Wildman–Crippen MR) is 93.1 cm³/mol. The molecule has 3 rings (SSSR count). The van der Waals surface area contributed by atoms with Crippen molar-refractivity contribution in [2.45, 2.75) is 19.3 Å². The van der Waals surface area contributed by atoms with Gasteiger partial charge in [-0.15, -0.1) is 0 Å². The number of hydrogen-bond acceptors (Lipinski definition) is 3. The Morgan fingerprint density at radius 1 is 1.25 bits per heavy atom. The van der Waals surface area contributed by atoms with E-state index in [1.807, 2.05) is 42.5 Å². The molecule has 0 fully saturated rings. The van der Waals surface area contributed by atoms with Gasteiger partial charge in [-0.3, -0.25) is 9.59 Å². The monoisotopic (exact) mass is 324 g/mol. The SMILES string of the molecule is COc1cccc(NC(=O)CCC2Cc3ccccc3NC2=O)c1. The van der Waals surface area contributed by atoms with Gasteiger partial charge in [-0.1, -0.05) is 24.3 Å². The van der Waals surface area contributed by atoms with Gasteiger partial charge in [0.2, 0.25) is 11.8 Å². The zero-order valence-corrected chi connectivity index (χ0v) is 13.5. The molecule has 1 aliphatic rings. The van der Waals surface area contributed by atoms with E-state index in [-0.39, 0.29) is 17.7 Å². The number of hydrogen-bond donors (Lipinski definition) is 2. The fraction of sp³-hybridized carbons (Fsp3) is 0.263. The molecule has 2 aromatic rings. The highest BCUT2D eigenvalue weighted by atomic mass is 16.5. The van der Waals surface area contributed by atoms with Crippen LogP contribution in [0.2, 0.25) is 0 Å². The number of anilines is 2. The van der Waals surface area contributed by atoms with E-state index in [1.165, 1.54) is 0 Å². The number of amides is 2. The summed E-state index contributed by atoms with van der Waals surface area (Å²) in [6, 6.07) is 15.0. The Balaban J connectivity index is 1.55. The third-order valence-electron chi connectivity index (χ3n) is 4.19. The Morgan fingerprint density at radius 3 is 2.92 bits per heavy atom. The summed E-state index contributed by atoms with van der Waals surface area (Å²) in [5.41, 5.74) is 2.69. The number of carbonyl (C=O) groups excluding carboxylic acids is 2. The van der Waals surface area contributed by atoms with Crippen LogP contribution in [0, 0.1) is 5.92 Å². The van der Waals surface area contributed by atoms with Crippen LogP contribution in [-0.2, 0) is 16.0 Å². The molecule has 1 unspecified atom stereocenters. The maximum Gasteiger partial charge on any atom is 0.227 e. The smallest absolute Gasteiger partial charge is 0.227 e. The van der Waals surface area contributed by atoms with Crippen molar-refractivity contribution in [3.63, 3.8) is 0 Å². The molecule has 0 radical (unpaired) electrons. The van der Waals surface area contributed by atoms with Crippen molar-refractivity contribution in [3.05, 3.63) is 54.1 Å². The van der Waals surface area contributed by atoms with Crippen molar-refractivity contribution in [1.82, 2.24) is 0 Å². The van der Waals surface area contributed by atoms with Gasteiger partial charge in [-0.05, 0) is 36.6 Å². The molecule has 0 saturated carbocycles. The van der Waals surface area contributed by atoms with Gasteiger partial charge in [-0.2, -0.15) is 0 Å². The van der Waals surface area contributed by atoms with E-state index >= 15 is 0 Å². The summed E-state index contributed by atoms with van der Waals surface area (Å²) in [5, 5.41) is 5.75. The molecule has 24 heavy (non-hydrogen) atoms. The molecule has 124 valence electrons. The van der Waals surface area contributed by atoms with Gasteiger partial charge < -0.3 is 15.4 Å². The molecule has 1 heterocycles. The lowest BCUT2D eigenvalue weighted by Gasteiger charge is -2.24. The lowest BCUT2D eigenvalue weighted by molar-refractivity contribution is -0.121. The highest BCUT2D eigenvalue weighted by molar-refractivity contribution is 5.96. The Kier molecular flexibility index (Phi) is 4.79. The number of benzene rings is 2. The lowest BCUT2D eigenvalue weighted by Crippen LogP contribution is -2.30. The van der Waals surface area contributed by atoms with Gasteiger partial charge >= 0.3 is 0 Å². The van der Waals surface area contributed by atoms with E-state index in [0.717, 1.165) is 11.3 Å². The minimum absolute atomic E-state index is 0.0112. The summed E-state index contributed by atoms with van der Waals surface area (Å²) in [5.74, 6) is 0.407. The van der Waals surface area contributed by atoms with Crippen LogP contribution >= 0.6 is 0 Å². The van der Waals surface area contributed by atoms with Crippen LogP contribution < -0.4 is 15.4 Å². The second-order valence-corrected chi connectivity index (χ2v) is 5.87. The standard InChI is InChI=1S/C19H20N2O3/c1-24-16-7-4-6-15(12-16)20-18(22)10-9-14-11-13-5-2-3-8-17(13)21-19(14)23/h2-8,12,14H,9-11H2,1H3,(H,20,22)(H,21,23). The van der Waals surface area contributed by atoms with Gasteiger partial charge in [-0.25, -0.2) is 0 Å². The first-order valence-electron chi connectivity index (χ1n) is 7.98. The molecular weight excluding hydrogens is 304 g/mol. The van der Waals surface area contributed by atoms with Crippen molar-refractivity contribution in [3.8, 4) is 5.75 Å². The molecule has 2 amide bonds. The number of rotatable bonds is 5. The van der Waals surface area contributed by atoms with Crippen LogP contribution in [0.4, 0.5) is 11.4 Å². The van der Waals surface area contributed by atoms with Crippen molar-refractivity contribution >= 4 is 23.2 Å². The summed E-state index contributed by atoms with van der Waals surface area (Å²) >= 11 is 0. The zero-order valence-electron chi connectivity index (χ0n) is 13.5. The van der Waals surface area contributed by atoms with E-state index < -0.39 is 0 Å². The topological polar surface area (TPSA) is 67.4 Å². The molecule has 0 aliphatic carbocycles. The fourth-order valence-electron chi connectivity index (χ4n) is 2.88. The minimum atomic E-state index is -0.170. The van der Waals surface area contributed by atoms with Crippen molar-refractivity contribution in [2.75, 3.05) is 17.7 Å². The molecule has 1 atom stereocenters. The minimum Gasteiger partial charge on any atom is -0.497 e. The molecule has 0 saturated heterocycles. The van der Waals surface area contributed by atoms with Crippen LogP contribution in [0.5, 0.6) is 5.75 Å². The summed E-state index contributed by atoms with van der Waals surface area (Å²) < 4.78 is 5.13. The predicted octanol–water partition coefficient (Wildman–Crippen LogP) is 3.22. The lowest BCUT2D eigenvalue weighted by atomic mass is 9.89. The first-order chi connectivity index (χ1) is 11.7. The number of para-hydroxylation sites is 1. The van der Waals surface area contributed by atoms with Gasteiger partial charge in [0.25, 0.3) is 0 Å². The summed E-state index contributed by atoms with van der Waals surface area (Å²) in [6.45, 7) is 0. The molecular formula is C19H20N2O3. The van der Waals surface area contributed by atoms with E-state index in [2.05, 4.69) is 10.6 Å². The molecule has 2 N–H and O–H groups in total. The van der Waals surface area contributed by atoms with E-state index in [1.54, 1.807) is 13.2 Å². The number of nitrogens with one attached hydrogen (secondary N) is 2. The third kappa shape index (κ3) is 3.74. The highest BCUT2D eigenvalue weighted by Gasteiger charge is 2.26. The number of fused-ring (bicyclic) bond motifs is 1. The van der Waals surface area contributed by atoms with Crippen molar-refractivity contribution in [2.24, 2.45) is 5.92 Å². The Bertz CT molecular complexity index is 758. The van der Waals surface area contributed by atoms with Crippen LogP contribution in [0.1, 0.15) is 18.4 Å². The molecule has 1 aliphatic heterocycles. The van der Waals surface area contributed by atoms with Crippen LogP contribution in [0.3, 0.4) is 0 Å². The zero-order chi connectivity index (χ0) is 16.9. The van der Waals surface area contributed by atoms with Gasteiger partial charge in [0.15, 0.2) is 0 Å². The van der Waals surface area contributed by atoms with E-state index in [9.17, 15) is 9.59 Å². The van der Waals surface area contributed by atoms with Crippen LogP contribution in [0.25, 0.3) is 0 Å². The first-order valence-corrected chi connectivity index (χ1v) is 7.98. The molecule has 5 heteroatoms. The van der Waals surface area contributed by atoms with Crippen LogP contribution in [-0.4, -0.2) is 18.9 Å². The maximum atomic E-state index is 12.2. The average Bonchev–Trinajstić information content (AvgIpc) is 2.60. The number of carbonyl (C=O) groups is 2. The van der Waals surface area contributed by atoms with Crippen molar-refractivity contribution in [1.29, 1.82) is 0 Å². The molecule has 2 aromatic carbocycles. The van der Waals surface area contributed by atoms with Crippen molar-refractivity contribution < 1.29 is 14.3 Å². The Hall–Kier alpha value is -2.82. The summed E-state index contributed by atoms with van der Waals surface area (Å²) in [6.07, 6.45) is 1.50. The second kappa shape index (κ2) is 7.17. The molecule has 0 bridgehead atoms. The highest BCUT2D eigenvalue weighted by Crippen LogP contribution is 2.27. The second-order valence-electron chi connectivity index (χ2n) is 5.87. The quantitative estimate of drug-likeness (QED) is 0.887. The van der Waals surface area contributed by atoms with Gasteiger partial charge in [0.05, 0.1) is 7.11 Å². The van der Waals surface area contributed by atoms with E-state index in [4.69, 9.17) is 4.74 Å². The number of methoxy groups -OCH3 is 1. The normalized spacial score (nSPS) is 16.0. The third-order valence-corrected chi connectivity index (χ3v) is 4.19. The Labute approximate surface area is 141 Å². The Morgan fingerprint density at radius 2 is 2.08 bits per heavy atom. The molecule has 0 aromatic heterocycles. The summed E-state index contributed by atoms with van der Waals surface area (Å²) in [7, 11) is 1.58. The molecule has 5 nitrogen and oxygen atoms in total. The maximum absolute atomic E-state index is 12.2. The number of ether oxygens (including phenoxy) is 1. The first kappa shape index (κ1) is 16.1.